The predicted molar refractivity (Wildman–Crippen MR) is 64.9 cm³/mol. The van der Waals surface area contributed by atoms with Crippen LogP contribution >= 0.6 is 11.8 Å². The van der Waals surface area contributed by atoms with Crippen LogP contribution in [0.15, 0.2) is 43.0 Å². The molecule has 17 heavy (non-hydrogen) atoms. The smallest absolute Gasteiger partial charge is 0.252 e. The van der Waals surface area contributed by atoms with E-state index in [0.717, 1.165) is 5.56 Å². The molecule has 86 valence electrons. The third-order valence-electron chi connectivity index (χ3n) is 2.58. The Balaban J connectivity index is 1.98. The Hall–Kier alpha value is -1.82. The summed E-state index contributed by atoms with van der Waals surface area (Å²) in [6.45, 7) is 0. The van der Waals surface area contributed by atoms with E-state index in [9.17, 15) is 4.79 Å². The summed E-state index contributed by atoms with van der Waals surface area (Å²) in [6.07, 6.45) is 3.08. The van der Waals surface area contributed by atoms with Gasteiger partial charge in [-0.25, -0.2) is 9.69 Å². The molecule has 5 nitrogen and oxygen atoms in total. The SMILES string of the molecule is O=C1CSC(c2ccccc2)N1n1cnnc1. The molecule has 1 unspecified atom stereocenters. The van der Waals surface area contributed by atoms with Crippen LogP contribution in [0.4, 0.5) is 0 Å². The van der Waals surface area contributed by atoms with E-state index in [1.807, 2.05) is 30.3 Å². The molecule has 0 saturated carbocycles. The van der Waals surface area contributed by atoms with Crippen molar-refractivity contribution in [2.24, 2.45) is 0 Å². The zero-order valence-electron chi connectivity index (χ0n) is 8.93. The first-order valence-corrected chi connectivity index (χ1v) is 6.24. The molecule has 1 fully saturated rings. The maximum absolute atomic E-state index is 11.9. The number of benzene rings is 1. The second kappa shape index (κ2) is 4.21. The van der Waals surface area contributed by atoms with Crippen molar-refractivity contribution in [3.63, 3.8) is 0 Å². The number of nitrogens with zero attached hydrogens (tertiary/aromatic N) is 4. The number of carbonyl (C=O) groups is 1. The fraction of sp³-hybridized carbons (Fsp3) is 0.182. The number of amides is 1. The topological polar surface area (TPSA) is 51.0 Å². The second-order valence-electron chi connectivity index (χ2n) is 3.65. The molecule has 3 rings (SSSR count). The number of thioether (sulfide) groups is 1. The van der Waals surface area contributed by atoms with Gasteiger partial charge in [0.05, 0.1) is 5.75 Å². The lowest BCUT2D eigenvalue weighted by molar-refractivity contribution is -0.117. The van der Waals surface area contributed by atoms with E-state index in [0.29, 0.717) is 5.75 Å². The zero-order chi connectivity index (χ0) is 11.7. The molecule has 0 aliphatic carbocycles. The molecule has 2 aromatic rings. The standard InChI is InChI=1S/C11H10N4OS/c16-10-6-17-11(9-4-2-1-3-5-9)15(10)14-7-12-13-8-14/h1-5,7-8,11H,6H2. The van der Waals surface area contributed by atoms with Crippen LogP contribution in [-0.2, 0) is 4.79 Å². The van der Waals surface area contributed by atoms with Crippen molar-refractivity contribution < 1.29 is 4.79 Å². The number of rotatable bonds is 2. The van der Waals surface area contributed by atoms with Crippen molar-refractivity contribution in [2.45, 2.75) is 5.37 Å². The summed E-state index contributed by atoms with van der Waals surface area (Å²) in [4.78, 5) is 11.9. The summed E-state index contributed by atoms with van der Waals surface area (Å²) in [7, 11) is 0. The van der Waals surface area contributed by atoms with Crippen molar-refractivity contribution in [3.8, 4) is 0 Å². The largest absolute Gasteiger partial charge is 0.272 e. The van der Waals surface area contributed by atoms with Crippen LogP contribution < -0.4 is 5.01 Å². The Morgan fingerprint density at radius 1 is 1.18 bits per heavy atom. The Morgan fingerprint density at radius 3 is 2.59 bits per heavy atom. The highest BCUT2D eigenvalue weighted by atomic mass is 32.2. The van der Waals surface area contributed by atoms with E-state index in [4.69, 9.17) is 0 Å². The Kier molecular flexibility index (Phi) is 2.56. The molecule has 1 aliphatic rings. The van der Waals surface area contributed by atoms with Crippen molar-refractivity contribution in [1.29, 1.82) is 0 Å². The summed E-state index contributed by atoms with van der Waals surface area (Å²) in [5, 5.41) is 9.16. The molecule has 1 aliphatic heterocycles. The van der Waals surface area contributed by atoms with E-state index < -0.39 is 0 Å². The van der Waals surface area contributed by atoms with Crippen molar-refractivity contribution in [2.75, 3.05) is 10.8 Å². The van der Waals surface area contributed by atoms with Gasteiger partial charge in [0.1, 0.15) is 18.0 Å². The van der Waals surface area contributed by atoms with Gasteiger partial charge in [-0.3, -0.25) is 4.79 Å². The van der Waals surface area contributed by atoms with Crippen molar-refractivity contribution in [1.82, 2.24) is 14.9 Å². The average molecular weight is 246 g/mol. The number of aromatic nitrogens is 3. The summed E-state index contributed by atoms with van der Waals surface area (Å²) >= 11 is 1.61. The maximum atomic E-state index is 11.9. The Labute approximate surface area is 102 Å². The van der Waals surface area contributed by atoms with Crippen LogP contribution in [0, 0.1) is 0 Å². The molecule has 1 aromatic heterocycles. The van der Waals surface area contributed by atoms with Crippen LogP contribution in [0.25, 0.3) is 0 Å². The lowest BCUT2D eigenvalue weighted by Crippen LogP contribution is -2.37. The Bertz CT molecular complexity index is 514. The maximum Gasteiger partial charge on any atom is 0.252 e. The van der Waals surface area contributed by atoms with Crippen molar-refractivity contribution >= 4 is 17.7 Å². The summed E-state index contributed by atoms with van der Waals surface area (Å²) < 4.78 is 1.64. The van der Waals surface area contributed by atoms with Crippen molar-refractivity contribution in [3.05, 3.63) is 48.5 Å². The molecule has 1 amide bonds. The van der Waals surface area contributed by atoms with E-state index in [-0.39, 0.29) is 11.3 Å². The monoisotopic (exact) mass is 246 g/mol. The molecular weight excluding hydrogens is 236 g/mol. The molecule has 0 spiro atoms. The van der Waals surface area contributed by atoms with Gasteiger partial charge < -0.3 is 0 Å². The van der Waals surface area contributed by atoms with Gasteiger partial charge in [-0.05, 0) is 5.56 Å². The minimum absolute atomic E-state index is 0.000278. The molecule has 1 atom stereocenters. The number of hydrogen-bond acceptors (Lipinski definition) is 4. The van der Waals surface area contributed by atoms with Gasteiger partial charge in [-0.15, -0.1) is 22.0 Å². The highest BCUT2D eigenvalue weighted by molar-refractivity contribution is 8.00. The van der Waals surface area contributed by atoms with Crippen LogP contribution in [-0.4, -0.2) is 26.5 Å². The minimum Gasteiger partial charge on any atom is -0.272 e. The fourth-order valence-corrected chi connectivity index (χ4v) is 2.98. The predicted octanol–water partition coefficient (Wildman–Crippen LogP) is 1.19. The zero-order valence-corrected chi connectivity index (χ0v) is 9.75. The third kappa shape index (κ3) is 1.80. The lowest BCUT2D eigenvalue weighted by atomic mass is 10.2. The first kappa shape index (κ1) is 10.3. The molecule has 2 heterocycles. The summed E-state index contributed by atoms with van der Waals surface area (Å²) in [5.74, 6) is 0.557. The van der Waals surface area contributed by atoms with Gasteiger partial charge in [0.15, 0.2) is 0 Å². The Morgan fingerprint density at radius 2 is 1.88 bits per heavy atom. The quantitative estimate of drug-likeness (QED) is 0.798. The van der Waals surface area contributed by atoms with Gasteiger partial charge in [-0.1, -0.05) is 30.3 Å². The molecule has 6 heteroatoms. The van der Waals surface area contributed by atoms with Crippen LogP contribution in [0.3, 0.4) is 0 Å². The van der Waals surface area contributed by atoms with Gasteiger partial charge in [0.25, 0.3) is 5.91 Å². The molecular formula is C11H10N4OS. The van der Waals surface area contributed by atoms with E-state index in [1.165, 1.54) is 0 Å². The van der Waals surface area contributed by atoms with Gasteiger partial charge in [-0.2, -0.15) is 0 Å². The first-order chi connectivity index (χ1) is 8.36. The fourth-order valence-electron chi connectivity index (χ4n) is 1.83. The molecule has 1 aromatic carbocycles. The summed E-state index contributed by atoms with van der Waals surface area (Å²) in [6, 6.07) is 9.96. The molecule has 1 saturated heterocycles. The second-order valence-corrected chi connectivity index (χ2v) is 4.72. The van der Waals surface area contributed by atoms with Gasteiger partial charge >= 0.3 is 0 Å². The number of hydrogen-bond donors (Lipinski definition) is 0. The first-order valence-electron chi connectivity index (χ1n) is 5.20. The third-order valence-corrected chi connectivity index (χ3v) is 3.78. The lowest BCUT2D eigenvalue weighted by Gasteiger charge is -2.23. The van der Waals surface area contributed by atoms with E-state index in [1.54, 1.807) is 34.1 Å². The van der Waals surface area contributed by atoms with Crippen LogP contribution in [0.2, 0.25) is 0 Å². The van der Waals surface area contributed by atoms with Crippen LogP contribution in [0.1, 0.15) is 10.9 Å². The molecule has 0 radical (unpaired) electrons. The molecule has 0 N–H and O–H groups in total. The number of carbonyl (C=O) groups excluding carboxylic acids is 1. The van der Waals surface area contributed by atoms with Crippen LogP contribution in [0.5, 0.6) is 0 Å². The normalized spacial score (nSPS) is 19.9. The van der Waals surface area contributed by atoms with E-state index in [2.05, 4.69) is 10.2 Å². The average Bonchev–Trinajstić information content (AvgIpc) is 2.99. The van der Waals surface area contributed by atoms with E-state index >= 15 is 0 Å². The summed E-state index contributed by atoms with van der Waals surface area (Å²) in [5.41, 5.74) is 1.11. The van der Waals surface area contributed by atoms with Gasteiger partial charge in [0.2, 0.25) is 0 Å². The molecule has 0 bridgehead atoms. The highest BCUT2D eigenvalue weighted by Gasteiger charge is 2.34. The van der Waals surface area contributed by atoms with Gasteiger partial charge in [0, 0.05) is 0 Å². The highest BCUT2D eigenvalue weighted by Crippen LogP contribution is 2.36. The minimum atomic E-state index is -0.000278.